The number of aromatic amines is 1. The van der Waals surface area contributed by atoms with Crippen LogP contribution in [0.4, 0.5) is 8.78 Å². The second kappa shape index (κ2) is 10.3. The summed E-state index contributed by atoms with van der Waals surface area (Å²) in [6.07, 6.45) is 4.45. The smallest absolute Gasteiger partial charge is 0.261 e. The van der Waals surface area contributed by atoms with Crippen molar-refractivity contribution < 1.29 is 23.0 Å². The van der Waals surface area contributed by atoms with Crippen molar-refractivity contribution in [1.29, 1.82) is 0 Å². The van der Waals surface area contributed by atoms with E-state index in [0.29, 0.717) is 39.6 Å². The number of pyridine rings is 2. The highest BCUT2D eigenvalue weighted by Crippen LogP contribution is 2.30. The number of fused-ring (bicyclic) bond motifs is 1. The lowest BCUT2D eigenvalue weighted by atomic mass is 10.0. The number of imidazole rings is 1. The first-order valence-corrected chi connectivity index (χ1v) is 11.7. The van der Waals surface area contributed by atoms with Crippen molar-refractivity contribution in [2.45, 2.75) is 6.54 Å². The minimum absolute atomic E-state index is 0.0197. The molecule has 0 radical (unpaired) electrons. The van der Waals surface area contributed by atoms with Crippen molar-refractivity contribution in [3.05, 3.63) is 96.6 Å². The second-order valence-electron chi connectivity index (χ2n) is 8.46. The van der Waals surface area contributed by atoms with E-state index in [1.54, 1.807) is 49.8 Å². The molecule has 1 aliphatic heterocycles. The number of benzene rings is 1. The molecule has 192 valence electrons. The van der Waals surface area contributed by atoms with Crippen LogP contribution in [0.5, 0.6) is 5.75 Å². The van der Waals surface area contributed by atoms with Gasteiger partial charge in [-0.2, -0.15) is 0 Å². The van der Waals surface area contributed by atoms with Crippen molar-refractivity contribution in [3.8, 4) is 28.4 Å². The molecule has 0 atom stereocenters. The van der Waals surface area contributed by atoms with Gasteiger partial charge in [0.15, 0.2) is 11.5 Å². The third-order valence-electron chi connectivity index (χ3n) is 6.15. The third-order valence-corrected chi connectivity index (χ3v) is 6.15. The Morgan fingerprint density at radius 3 is 2.79 bits per heavy atom. The van der Waals surface area contributed by atoms with E-state index in [4.69, 9.17) is 9.47 Å². The van der Waals surface area contributed by atoms with Crippen LogP contribution in [0.2, 0.25) is 0 Å². The maximum atomic E-state index is 15.3. The largest absolute Gasteiger partial charge is 0.495 e. The number of rotatable bonds is 7. The van der Waals surface area contributed by atoms with Crippen LogP contribution in [0.1, 0.15) is 5.56 Å². The van der Waals surface area contributed by atoms with Crippen molar-refractivity contribution in [3.63, 3.8) is 0 Å². The van der Waals surface area contributed by atoms with E-state index in [0.717, 1.165) is 0 Å². The lowest BCUT2D eigenvalue weighted by Gasteiger charge is -2.21. The molecule has 38 heavy (non-hydrogen) atoms. The first-order chi connectivity index (χ1) is 18.4. The van der Waals surface area contributed by atoms with Gasteiger partial charge in [-0.25, -0.2) is 23.7 Å². The summed E-state index contributed by atoms with van der Waals surface area (Å²) in [5, 5.41) is 0. The molecule has 1 amide bonds. The molecule has 4 heterocycles. The lowest BCUT2D eigenvalue weighted by Crippen LogP contribution is -2.33. The van der Waals surface area contributed by atoms with Crippen molar-refractivity contribution in [1.82, 2.24) is 24.8 Å². The monoisotopic (exact) mass is 515 g/mol. The first-order valence-electron chi connectivity index (χ1n) is 11.7. The van der Waals surface area contributed by atoms with Gasteiger partial charge in [-0.3, -0.25) is 4.79 Å². The van der Waals surface area contributed by atoms with E-state index in [2.05, 4.69) is 33.1 Å². The van der Waals surface area contributed by atoms with E-state index in [1.807, 2.05) is 0 Å². The van der Waals surface area contributed by atoms with E-state index in [-0.39, 0.29) is 36.6 Å². The third kappa shape index (κ3) is 4.63. The van der Waals surface area contributed by atoms with Crippen molar-refractivity contribution in [2.24, 2.45) is 0 Å². The average Bonchev–Trinajstić information content (AvgIpc) is 3.30. The standard InChI is InChI=1S/C28H23F2N5O3/c1-4-23-24(16(2)29)28(36)35(11-12-38-23)15-18-6-5-17(13-21(18)30)20-9-10-31-27-25(20)33-26(34-27)22-8-7-19(37-3)14-32-22/h4-10,13-14H,1-2,11-12,15H2,3H3,(H,31,33,34). The minimum atomic E-state index is -0.932. The number of halogens is 2. The Balaban J connectivity index is 1.44. The fourth-order valence-electron chi connectivity index (χ4n) is 4.23. The topological polar surface area (TPSA) is 93.2 Å². The predicted molar refractivity (Wildman–Crippen MR) is 138 cm³/mol. The number of amides is 1. The Labute approximate surface area is 217 Å². The molecule has 8 nitrogen and oxygen atoms in total. The Morgan fingerprint density at radius 2 is 2.11 bits per heavy atom. The number of nitrogens with one attached hydrogen (secondary N) is 1. The van der Waals surface area contributed by atoms with Gasteiger partial charge in [0.05, 0.1) is 25.4 Å². The number of carbonyl (C=O) groups excluding carboxylic acids is 1. The van der Waals surface area contributed by atoms with Crippen LogP contribution in [0, 0.1) is 5.82 Å². The Morgan fingerprint density at radius 1 is 1.26 bits per heavy atom. The van der Waals surface area contributed by atoms with Crippen LogP contribution in [0.15, 0.2) is 85.2 Å². The van der Waals surface area contributed by atoms with Crippen LogP contribution in [0.3, 0.4) is 0 Å². The number of methoxy groups -OCH3 is 1. The van der Waals surface area contributed by atoms with Gasteiger partial charge < -0.3 is 19.4 Å². The molecule has 1 aromatic carbocycles. The molecule has 0 bridgehead atoms. The second-order valence-corrected chi connectivity index (χ2v) is 8.46. The van der Waals surface area contributed by atoms with Gasteiger partial charge in [0.2, 0.25) is 0 Å². The number of hydrogen-bond acceptors (Lipinski definition) is 6. The van der Waals surface area contributed by atoms with Crippen LogP contribution in [0.25, 0.3) is 33.8 Å². The maximum absolute atomic E-state index is 15.3. The van der Waals surface area contributed by atoms with Crippen LogP contribution in [-0.4, -0.2) is 51.0 Å². The summed E-state index contributed by atoms with van der Waals surface area (Å²) in [6.45, 7) is 6.98. The molecule has 0 fully saturated rings. The number of allylic oxidation sites excluding steroid dienone is 1. The first kappa shape index (κ1) is 24.8. The molecule has 0 saturated carbocycles. The van der Waals surface area contributed by atoms with Gasteiger partial charge in [0, 0.05) is 23.9 Å². The normalized spacial score (nSPS) is 13.9. The highest BCUT2D eigenvalue weighted by molar-refractivity contribution is 5.98. The summed E-state index contributed by atoms with van der Waals surface area (Å²) < 4.78 is 39.9. The predicted octanol–water partition coefficient (Wildman–Crippen LogP) is 5.12. The molecule has 4 aromatic rings. The summed E-state index contributed by atoms with van der Waals surface area (Å²) in [4.78, 5) is 30.7. The van der Waals surface area contributed by atoms with Gasteiger partial charge in [-0.15, -0.1) is 0 Å². The van der Waals surface area contributed by atoms with Crippen LogP contribution in [-0.2, 0) is 16.1 Å². The number of H-pyrrole nitrogens is 1. The maximum Gasteiger partial charge on any atom is 0.261 e. The molecule has 10 heteroatoms. The molecule has 0 unspecified atom stereocenters. The fraction of sp³-hybridized carbons (Fsp3) is 0.143. The number of nitrogens with zero attached hydrogens (tertiary/aromatic N) is 4. The summed E-state index contributed by atoms with van der Waals surface area (Å²) in [6, 6.07) is 10.0. The quantitative estimate of drug-likeness (QED) is 0.367. The summed E-state index contributed by atoms with van der Waals surface area (Å²) in [5.41, 5.74) is 2.93. The molecule has 0 spiro atoms. The summed E-state index contributed by atoms with van der Waals surface area (Å²) >= 11 is 0. The van der Waals surface area contributed by atoms with Gasteiger partial charge in [0.1, 0.15) is 41.0 Å². The number of carbonyl (C=O) groups is 1. The molecule has 0 saturated heterocycles. The van der Waals surface area contributed by atoms with Gasteiger partial charge in [-0.1, -0.05) is 25.3 Å². The lowest BCUT2D eigenvalue weighted by molar-refractivity contribution is -0.127. The number of aromatic nitrogens is 4. The molecular weight excluding hydrogens is 492 g/mol. The van der Waals surface area contributed by atoms with Gasteiger partial charge >= 0.3 is 0 Å². The summed E-state index contributed by atoms with van der Waals surface area (Å²) in [7, 11) is 1.56. The molecule has 5 rings (SSSR count). The highest BCUT2D eigenvalue weighted by atomic mass is 19.1. The number of hydrogen-bond donors (Lipinski definition) is 1. The Bertz CT molecular complexity index is 1590. The molecule has 1 aliphatic rings. The zero-order valence-electron chi connectivity index (χ0n) is 20.5. The van der Waals surface area contributed by atoms with Gasteiger partial charge in [0.25, 0.3) is 5.91 Å². The minimum Gasteiger partial charge on any atom is -0.495 e. The van der Waals surface area contributed by atoms with Crippen molar-refractivity contribution in [2.75, 3.05) is 20.3 Å². The highest BCUT2D eigenvalue weighted by Gasteiger charge is 2.28. The molecule has 0 aliphatic carbocycles. The van der Waals surface area contributed by atoms with E-state index >= 15 is 4.39 Å². The summed E-state index contributed by atoms with van der Waals surface area (Å²) in [5.74, 6) is -0.934. The van der Waals surface area contributed by atoms with Gasteiger partial charge in [-0.05, 0) is 35.9 Å². The van der Waals surface area contributed by atoms with Crippen LogP contribution >= 0.6 is 0 Å². The molecular formula is C28H23F2N5O3. The average molecular weight is 516 g/mol. The van der Waals surface area contributed by atoms with Crippen molar-refractivity contribution >= 4 is 17.1 Å². The Hall–Kier alpha value is -4.86. The molecule has 1 N–H and O–H groups in total. The number of ether oxygens (including phenoxy) is 2. The zero-order valence-corrected chi connectivity index (χ0v) is 20.5. The Kier molecular flexibility index (Phi) is 6.69. The van der Waals surface area contributed by atoms with E-state index in [9.17, 15) is 9.18 Å². The van der Waals surface area contributed by atoms with Crippen LogP contribution < -0.4 is 4.74 Å². The van der Waals surface area contributed by atoms with E-state index in [1.165, 1.54) is 17.0 Å². The zero-order chi connectivity index (χ0) is 26.8. The molecule has 3 aromatic heterocycles. The van der Waals surface area contributed by atoms with E-state index < -0.39 is 17.6 Å². The SMILES string of the molecule is C=CC1=C(C(=C)F)C(=O)N(Cc2ccc(-c3ccnc4nc(-c5ccc(OC)cn5)[nH]c34)cc2F)CCO1. The fourth-order valence-corrected chi connectivity index (χ4v) is 4.23.